The number of amides is 2. The molecular formula is C19H24N2O4S. The van der Waals surface area contributed by atoms with Crippen molar-refractivity contribution in [3.63, 3.8) is 0 Å². The van der Waals surface area contributed by atoms with Gasteiger partial charge in [0.05, 0.1) is 22.1 Å². The Morgan fingerprint density at radius 3 is 2.42 bits per heavy atom. The summed E-state index contributed by atoms with van der Waals surface area (Å²) in [5.41, 5.74) is 0.482. The summed E-state index contributed by atoms with van der Waals surface area (Å²) >= 11 is 0. The molecule has 2 atom stereocenters. The lowest BCUT2D eigenvalue weighted by Gasteiger charge is -2.36. The highest BCUT2D eigenvalue weighted by atomic mass is 32.2. The zero-order valence-electron chi connectivity index (χ0n) is 14.7. The largest absolute Gasteiger partial charge is 0.354 e. The topological polar surface area (TPSA) is 83.6 Å². The number of hydrogen-bond acceptors (Lipinski definition) is 4. The predicted molar refractivity (Wildman–Crippen MR) is 96.4 cm³/mol. The van der Waals surface area contributed by atoms with Crippen LogP contribution in [0.2, 0.25) is 0 Å². The summed E-state index contributed by atoms with van der Waals surface area (Å²) in [4.78, 5) is 26.9. The molecule has 3 fully saturated rings. The third-order valence-corrected chi connectivity index (χ3v) is 8.31. The Balaban J connectivity index is 1.53. The number of likely N-dealkylation sites (tertiary alicyclic amines) is 1. The molecule has 0 spiro atoms. The van der Waals surface area contributed by atoms with E-state index in [2.05, 4.69) is 5.32 Å². The van der Waals surface area contributed by atoms with Gasteiger partial charge in [-0.2, -0.15) is 0 Å². The number of nitrogens with zero attached hydrogens (tertiary/aromatic N) is 1. The molecule has 6 nitrogen and oxygen atoms in total. The van der Waals surface area contributed by atoms with E-state index in [1.807, 2.05) is 0 Å². The minimum absolute atomic E-state index is 0.0329. The van der Waals surface area contributed by atoms with Crippen LogP contribution in [0.15, 0.2) is 29.2 Å². The highest BCUT2D eigenvalue weighted by molar-refractivity contribution is 7.92. The number of benzene rings is 1. The first-order valence-electron chi connectivity index (χ1n) is 9.41. The Morgan fingerprint density at radius 1 is 1.04 bits per heavy atom. The van der Waals surface area contributed by atoms with E-state index in [1.165, 1.54) is 0 Å². The van der Waals surface area contributed by atoms with Crippen molar-refractivity contribution in [3.05, 3.63) is 29.8 Å². The monoisotopic (exact) mass is 376 g/mol. The van der Waals surface area contributed by atoms with Crippen molar-refractivity contribution in [1.29, 1.82) is 0 Å². The normalized spacial score (nSPS) is 26.6. The molecule has 2 saturated heterocycles. The second kappa shape index (κ2) is 6.68. The first kappa shape index (κ1) is 17.5. The second-order valence-electron chi connectivity index (χ2n) is 7.54. The van der Waals surface area contributed by atoms with Gasteiger partial charge in [-0.05, 0) is 49.9 Å². The quantitative estimate of drug-likeness (QED) is 0.871. The van der Waals surface area contributed by atoms with Crippen LogP contribution < -0.4 is 5.32 Å². The molecule has 1 saturated carbocycles. The SMILES string of the molecule is O=C1NCC2C1CCCN2C(=O)c1ccc(S(=O)(=O)C2CCCC2)cc1. The summed E-state index contributed by atoms with van der Waals surface area (Å²) in [6.45, 7) is 1.14. The van der Waals surface area contributed by atoms with Crippen molar-refractivity contribution in [2.75, 3.05) is 13.1 Å². The highest BCUT2D eigenvalue weighted by Gasteiger charge is 2.42. The van der Waals surface area contributed by atoms with Crippen molar-refractivity contribution >= 4 is 21.7 Å². The van der Waals surface area contributed by atoms with Crippen LogP contribution in [-0.4, -0.2) is 49.5 Å². The van der Waals surface area contributed by atoms with E-state index in [-0.39, 0.29) is 29.0 Å². The summed E-state index contributed by atoms with van der Waals surface area (Å²) < 4.78 is 25.3. The summed E-state index contributed by atoms with van der Waals surface area (Å²) in [7, 11) is -3.31. The lowest BCUT2D eigenvalue weighted by Crippen LogP contribution is -2.48. The molecule has 4 rings (SSSR count). The Hall–Kier alpha value is -1.89. The van der Waals surface area contributed by atoms with E-state index in [1.54, 1.807) is 29.2 Å². The van der Waals surface area contributed by atoms with Gasteiger partial charge in [-0.25, -0.2) is 8.42 Å². The molecule has 0 aromatic heterocycles. The van der Waals surface area contributed by atoms with E-state index in [0.717, 1.165) is 38.5 Å². The van der Waals surface area contributed by atoms with E-state index in [4.69, 9.17) is 0 Å². The highest BCUT2D eigenvalue weighted by Crippen LogP contribution is 2.31. The van der Waals surface area contributed by atoms with Gasteiger partial charge in [0, 0.05) is 18.7 Å². The minimum atomic E-state index is -3.31. The average Bonchev–Trinajstić information content (AvgIpc) is 3.32. The number of hydrogen-bond donors (Lipinski definition) is 1. The van der Waals surface area contributed by atoms with Gasteiger partial charge in [-0.15, -0.1) is 0 Å². The maximum Gasteiger partial charge on any atom is 0.254 e. The summed E-state index contributed by atoms with van der Waals surface area (Å²) in [6.07, 6.45) is 5.00. The number of carbonyl (C=O) groups is 2. The zero-order chi connectivity index (χ0) is 18.3. The molecule has 7 heteroatoms. The molecule has 0 bridgehead atoms. The molecule has 1 aromatic rings. The number of carbonyl (C=O) groups excluding carboxylic acids is 2. The van der Waals surface area contributed by atoms with Crippen LogP contribution in [0.4, 0.5) is 0 Å². The van der Waals surface area contributed by atoms with Gasteiger partial charge in [-0.3, -0.25) is 9.59 Å². The fourth-order valence-corrected chi connectivity index (χ4v) is 6.40. The van der Waals surface area contributed by atoms with Gasteiger partial charge in [-0.1, -0.05) is 12.8 Å². The molecule has 2 unspecified atom stereocenters. The number of piperidine rings is 1. The molecule has 140 valence electrons. The zero-order valence-corrected chi connectivity index (χ0v) is 15.5. The van der Waals surface area contributed by atoms with Crippen molar-refractivity contribution in [3.8, 4) is 0 Å². The van der Waals surface area contributed by atoms with Gasteiger partial charge < -0.3 is 10.2 Å². The summed E-state index contributed by atoms with van der Waals surface area (Å²) in [6, 6.07) is 6.24. The average molecular weight is 376 g/mol. The van der Waals surface area contributed by atoms with Crippen LogP contribution in [-0.2, 0) is 14.6 Å². The number of fused-ring (bicyclic) bond motifs is 1. The fraction of sp³-hybridized carbons (Fsp3) is 0.579. The third-order valence-electron chi connectivity index (χ3n) is 6.03. The molecule has 1 aliphatic carbocycles. The van der Waals surface area contributed by atoms with Crippen LogP contribution in [0.25, 0.3) is 0 Å². The van der Waals surface area contributed by atoms with E-state index in [0.29, 0.717) is 23.5 Å². The first-order valence-corrected chi connectivity index (χ1v) is 11.0. The number of sulfone groups is 1. The number of rotatable bonds is 3. The van der Waals surface area contributed by atoms with E-state index < -0.39 is 9.84 Å². The summed E-state index contributed by atoms with van der Waals surface area (Å²) in [5.74, 6) is -0.207. The van der Waals surface area contributed by atoms with Gasteiger partial charge in [0.2, 0.25) is 5.91 Å². The molecule has 1 N–H and O–H groups in total. The molecule has 2 aliphatic heterocycles. The number of nitrogens with one attached hydrogen (secondary N) is 1. The molecular weight excluding hydrogens is 352 g/mol. The smallest absolute Gasteiger partial charge is 0.254 e. The molecule has 26 heavy (non-hydrogen) atoms. The lowest BCUT2D eigenvalue weighted by molar-refractivity contribution is -0.123. The van der Waals surface area contributed by atoms with Crippen molar-refractivity contribution in [2.45, 2.75) is 54.7 Å². The van der Waals surface area contributed by atoms with E-state index >= 15 is 0 Å². The van der Waals surface area contributed by atoms with Gasteiger partial charge in [0.1, 0.15) is 0 Å². The predicted octanol–water partition coefficient (Wildman–Crippen LogP) is 1.75. The third kappa shape index (κ3) is 2.92. The van der Waals surface area contributed by atoms with Crippen LogP contribution >= 0.6 is 0 Å². The molecule has 0 radical (unpaired) electrons. The van der Waals surface area contributed by atoms with Crippen molar-refractivity contribution in [1.82, 2.24) is 10.2 Å². The molecule has 2 heterocycles. The fourth-order valence-electron chi connectivity index (χ4n) is 4.55. The van der Waals surface area contributed by atoms with Gasteiger partial charge >= 0.3 is 0 Å². The second-order valence-corrected chi connectivity index (χ2v) is 9.76. The van der Waals surface area contributed by atoms with Gasteiger partial charge in [0.15, 0.2) is 9.84 Å². The summed E-state index contributed by atoms with van der Waals surface area (Å²) in [5, 5.41) is 2.56. The maximum atomic E-state index is 12.9. The first-order chi connectivity index (χ1) is 12.5. The molecule has 1 aromatic carbocycles. The van der Waals surface area contributed by atoms with Crippen molar-refractivity contribution < 1.29 is 18.0 Å². The van der Waals surface area contributed by atoms with Crippen LogP contribution in [0.1, 0.15) is 48.9 Å². The lowest BCUT2D eigenvalue weighted by atomic mass is 9.91. The maximum absolute atomic E-state index is 12.9. The minimum Gasteiger partial charge on any atom is -0.354 e. The molecule has 2 amide bonds. The van der Waals surface area contributed by atoms with Crippen LogP contribution in [0.5, 0.6) is 0 Å². The Labute approximate surface area is 153 Å². The van der Waals surface area contributed by atoms with Crippen LogP contribution in [0, 0.1) is 5.92 Å². The van der Waals surface area contributed by atoms with Crippen molar-refractivity contribution in [2.24, 2.45) is 5.92 Å². The standard InChI is InChI=1S/C19H24N2O4S/c22-18-16-6-3-11-21(17(16)12-20-18)19(23)13-7-9-15(10-8-13)26(24,25)14-4-1-2-5-14/h7-10,14,16-17H,1-6,11-12H2,(H,20,22). The Morgan fingerprint density at radius 2 is 1.73 bits per heavy atom. The Kier molecular flexibility index (Phi) is 4.50. The van der Waals surface area contributed by atoms with Gasteiger partial charge in [0.25, 0.3) is 5.91 Å². The molecule has 3 aliphatic rings. The van der Waals surface area contributed by atoms with E-state index in [9.17, 15) is 18.0 Å². The van der Waals surface area contributed by atoms with Crippen LogP contribution in [0.3, 0.4) is 0 Å². The Bertz CT molecular complexity index is 812.